The molecule has 51 heavy (non-hydrogen) atoms. The van der Waals surface area contributed by atoms with Gasteiger partial charge in [-0.15, -0.1) is 11.3 Å². The second kappa shape index (κ2) is 13.8. The number of hydrogen-bond acceptors (Lipinski definition) is 11. The van der Waals surface area contributed by atoms with Gasteiger partial charge in [-0.25, -0.2) is 24.9 Å². The summed E-state index contributed by atoms with van der Waals surface area (Å²) in [7, 11) is 0. The maximum atomic E-state index is 9.56. The third kappa shape index (κ3) is 6.01. The molecule has 0 aliphatic carbocycles. The fraction of sp³-hybridized carbons (Fsp3) is 0.175. The minimum atomic E-state index is -0.0816. The topological polar surface area (TPSA) is 124 Å². The predicted octanol–water partition coefficient (Wildman–Crippen LogP) is 10.3. The molecule has 9 nitrogen and oxygen atoms in total. The van der Waals surface area contributed by atoms with Crippen LogP contribution in [0.1, 0.15) is 49.6 Å². The van der Waals surface area contributed by atoms with Crippen LogP contribution in [0.5, 0.6) is 5.88 Å². The molecule has 1 aliphatic heterocycles. The first-order chi connectivity index (χ1) is 25.1. The van der Waals surface area contributed by atoms with E-state index in [4.69, 9.17) is 19.7 Å². The smallest absolute Gasteiger partial charge is 0.233 e. The quantitative estimate of drug-likeness (QED) is 0.106. The molecular weight excluding hydrogens is 673 g/mol. The Bertz CT molecular complexity index is 2490. The zero-order chi connectivity index (χ0) is 34.9. The van der Waals surface area contributed by atoms with Crippen molar-refractivity contribution in [3.63, 3.8) is 0 Å². The Morgan fingerprint density at radius 3 is 2.00 bits per heavy atom. The Labute approximate surface area is 303 Å². The van der Waals surface area contributed by atoms with E-state index in [0.29, 0.717) is 23.5 Å². The van der Waals surface area contributed by atoms with E-state index in [1.54, 1.807) is 23.1 Å². The zero-order valence-corrected chi connectivity index (χ0v) is 29.6. The number of anilines is 3. The van der Waals surface area contributed by atoms with E-state index >= 15 is 0 Å². The fourth-order valence-electron chi connectivity index (χ4n) is 6.19. The van der Waals surface area contributed by atoms with E-state index in [0.717, 1.165) is 69.3 Å². The Morgan fingerprint density at radius 2 is 1.35 bits per heavy atom. The normalized spacial score (nSPS) is 12.0. The minimum Gasteiger partial charge on any atom is -0.477 e. The second-order valence-electron chi connectivity index (χ2n) is 12.1. The van der Waals surface area contributed by atoms with Crippen molar-refractivity contribution in [3.05, 3.63) is 102 Å². The molecule has 248 valence electrons. The molecule has 8 rings (SSSR count). The largest absolute Gasteiger partial charge is 0.477 e. The molecule has 0 amide bonds. The molecule has 7 aromatic rings. The number of unbranched alkanes of at least 4 members (excludes halogenated alkanes) is 3. The maximum Gasteiger partial charge on any atom is 0.233 e. The number of hydrogen-bond donors (Lipinski definition) is 0. The number of aryl methyl sites for hydroxylation is 1. The van der Waals surface area contributed by atoms with Crippen LogP contribution in [-0.4, -0.2) is 31.5 Å². The van der Waals surface area contributed by atoms with Gasteiger partial charge in [0.2, 0.25) is 5.88 Å². The number of nitriles is 2. The lowest BCUT2D eigenvalue weighted by Gasteiger charge is -2.32. The number of rotatable bonds is 9. The van der Waals surface area contributed by atoms with Crippen molar-refractivity contribution < 1.29 is 4.74 Å². The summed E-state index contributed by atoms with van der Waals surface area (Å²) in [5.74, 6) is 0.581. The van der Waals surface area contributed by atoms with Crippen LogP contribution in [0.4, 0.5) is 17.1 Å². The van der Waals surface area contributed by atoms with Gasteiger partial charge in [0.05, 0.1) is 28.4 Å². The van der Waals surface area contributed by atoms with Crippen LogP contribution in [-0.2, 0) is 0 Å². The number of aromatic nitrogens is 5. The lowest BCUT2D eigenvalue weighted by molar-refractivity contribution is 0.297. The van der Waals surface area contributed by atoms with Gasteiger partial charge in [-0.05, 0) is 66.9 Å². The molecule has 1 aliphatic rings. The first-order valence-corrected chi connectivity index (χ1v) is 18.4. The van der Waals surface area contributed by atoms with Crippen molar-refractivity contribution in [1.82, 2.24) is 24.9 Å². The van der Waals surface area contributed by atoms with Crippen LogP contribution in [0.15, 0.2) is 94.7 Å². The molecule has 0 saturated heterocycles. The third-order valence-corrected chi connectivity index (χ3v) is 11.0. The molecule has 0 unspecified atom stereocenters. The fourth-order valence-corrected chi connectivity index (χ4v) is 8.29. The highest BCUT2D eigenvalue weighted by molar-refractivity contribution is 7.99. The number of para-hydroxylation sites is 2. The van der Waals surface area contributed by atoms with Gasteiger partial charge in [0, 0.05) is 21.0 Å². The van der Waals surface area contributed by atoms with E-state index < -0.39 is 0 Å². The lowest BCUT2D eigenvalue weighted by atomic mass is 10.1. The van der Waals surface area contributed by atoms with Crippen LogP contribution in [0, 0.1) is 29.6 Å². The van der Waals surface area contributed by atoms with Crippen LogP contribution in [0.2, 0.25) is 0 Å². The van der Waals surface area contributed by atoms with Crippen molar-refractivity contribution in [2.75, 3.05) is 11.5 Å². The van der Waals surface area contributed by atoms with Gasteiger partial charge in [-0.3, -0.25) is 0 Å². The van der Waals surface area contributed by atoms with E-state index in [1.165, 1.54) is 9.79 Å². The molecular formula is C40H30N8OS2. The van der Waals surface area contributed by atoms with Gasteiger partial charge in [0.15, 0.2) is 22.7 Å². The van der Waals surface area contributed by atoms with Gasteiger partial charge in [-0.2, -0.15) is 10.5 Å². The van der Waals surface area contributed by atoms with E-state index in [1.807, 2.05) is 31.2 Å². The summed E-state index contributed by atoms with van der Waals surface area (Å²) in [6.07, 6.45) is 4.35. The molecule has 3 aromatic heterocycles. The molecule has 0 bridgehead atoms. The van der Waals surface area contributed by atoms with E-state index in [9.17, 15) is 10.5 Å². The monoisotopic (exact) mass is 702 g/mol. The molecule has 4 aromatic carbocycles. The average Bonchev–Trinajstić information content (AvgIpc) is 3.59. The zero-order valence-electron chi connectivity index (χ0n) is 27.9. The summed E-state index contributed by atoms with van der Waals surface area (Å²) in [6, 6.07) is 33.4. The second-order valence-corrected chi connectivity index (χ2v) is 14.2. The first-order valence-electron chi connectivity index (χ1n) is 16.8. The standard InChI is InChI=1S/C40H30N8OS2/c1-3-4-5-10-21-49-39-36(25-16-18-26(19-17-25)48-30-11-6-8-13-32(30)50-33-14-9-7-12-31(33)48)51-40(47-39)27-20-15-24(2)34-35(27)46-38-37(45-34)43-28(22-41)29(23-42)44-38/h6-9,11-20H,3-5,10,21H2,1-2H3. The highest BCUT2D eigenvalue weighted by atomic mass is 32.2. The van der Waals surface area contributed by atoms with Gasteiger partial charge >= 0.3 is 0 Å². The summed E-state index contributed by atoms with van der Waals surface area (Å²) in [6.45, 7) is 4.72. The number of ether oxygens (including phenoxy) is 1. The van der Waals surface area contributed by atoms with E-state index in [-0.39, 0.29) is 22.7 Å². The molecule has 0 fully saturated rings. The van der Waals surface area contributed by atoms with Gasteiger partial charge in [-0.1, -0.05) is 80.4 Å². The van der Waals surface area contributed by atoms with Crippen molar-refractivity contribution in [1.29, 1.82) is 10.5 Å². The van der Waals surface area contributed by atoms with E-state index in [2.05, 4.69) is 94.6 Å². The molecule has 4 heterocycles. The van der Waals surface area contributed by atoms with Gasteiger partial charge in [0.1, 0.15) is 22.7 Å². The summed E-state index contributed by atoms with van der Waals surface area (Å²) in [4.78, 5) is 28.9. The Hall–Kier alpha value is -5.88. The van der Waals surface area contributed by atoms with Crippen LogP contribution in [0.25, 0.3) is 43.3 Å². The molecule has 0 atom stereocenters. The molecule has 0 radical (unpaired) electrons. The summed E-state index contributed by atoms with van der Waals surface area (Å²) in [5.41, 5.74) is 7.52. The highest BCUT2D eigenvalue weighted by Crippen LogP contribution is 2.51. The van der Waals surface area contributed by atoms with Gasteiger partial charge in [0.25, 0.3) is 0 Å². The summed E-state index contributed by atoms with van der Waals surface area (Å²) in [5, 5.41) is 19.8. The third-order valence-electron chi connectivity index (χ3n) is 8.74. The molecule has 0 spiro atoms. The molecule has 0 N–H and O–H groups in total. The number of nitrogens with zero attached hydrogens (tertiary/aromatic N) is 8. The molecule has 11 heteroatoms. The van der Waals surface area contributed by atoms with Crippen LogP contribution >= 0.6 is 23.1 Å². The number of benzene rings is 4. The average molecular weight is 703 g/mol. The first kappa shape index (κ1) is 32.3. The van der Waals surface area contributed by atoms with Crippen molar-refractivity contribution in [2.24, 2.45) is 0 Å². The van der Waals surface area contributed by atoms with Crippen molar-refractivity contribution in [3.8, 4) is 39.0 Å². The number of fused-ring (bicyclic) bond motifs is 4. The Balaban J connectivity index is 1.21. The summed E-state index contributed by atoms with van der Waals surface area (Å²) >= 11 is 3.33. The van der Waals surface area contributed by atoms with Crippen LogP contribution < -0.4 is 9.64 Å². The van der Waals surface area contributed by atoms with Crippen molar-refractivity contribution >= 4 is 62.5 Å². The summed E-state index contributed by atoms with van der Waals surface area (Å²) < 4.78 is 6.40. The molecule has 0 saturated carbocycles. The van der Waals surface area contributed by atoms with Crippen LogP contribution in [0.3, 0.4) is 0 Å². The predicted molar refractivity (Wildman–Crippen MR) is 202 cm³/mol. The Morgan fingerprint density at radius 1 is 0.706 bits per heavy atom. The van der Waals surface area contributed by atoms with Gasteiger partial charge < -0.3 is 9.64 Å². The SMILES string of the molecule is CCCCCCOc1nc(-c2ccc(C)c3nc4nc(C#N)c(C#N)nc4nc23)sc1-c1ccc(N2c3ccccc3Sc3ccccc32)cc1. The minimum absolute atomic E-state index is 0.0728. The maximum absolute atomic E-state index is 9.56. The van der Waals surface area contributed by atoms with Crippen molar-refractivity contribution in [2.45, 2.75) is 49.3 Å². The highest BCUT2D eigenvalue weighted by Gasteiger charge is 2.25. The number of thiazole rings is 1. The Kier molecular flexibility index (Phi) is 8.74. The lowest BCUT2D eigenvalue weighted by Crippen LogP contribution is -2.14.